The summed E-state index contributed by atoms with van der Waals surface area (Å²) >= 11 is 5.97. The van der Waals surface area contributed by atoms with E-state index >= 15 is 0 Å². The van der Waals surface area contributed by atoms with E-state index in [2.05, 4.69) is 43.2 Å². The number of nitrogens with zero attached hydrogens (tertiary/aromatic N) is 1. The van der Waals surface area contributed by atoms with Crippen molar-refractivity contribution in [3.8, 4) is 0 Å². The van der Waals surface area contributed by atoms with Crippen LogP contribution in [0.25, 0.3) is 0 Å². The molecule has 2 nitrogen and oxygen atoms in total. The van der Waals surface area contributed by atoms with Crippen LogP contribution in [0.4, 0.5) is 0 Å². The van der Waals surface area contributed by atoms with Gasteiger partial charge in [0.25, 0.3) is 0 Å². The first-order valence-corrected chi connectivity index (χ1v) is 7.65. The Labute approximate surface area is 122 Å². The van der Waals surface area contributed by atoms with Gasteiger partial charge in [-0.15, -0.1) is 0 Å². The molecule has 0 saturated heterocycles. The van der Waals surface area contributed by atoms with E-state index in [1.807, 2.05) is 12.1 Å². The van der Waals surface area contributed by atoms with Gasteiger partial charge in [-0.05, 0) is 57.4 Å². The average molecular weight is 281 g/mol. The van der Waals surface area contributed by atoms with Crippen LogP contribution >= 0.6 is 11.6 Å². The molecule has 1 aliphatic carbocycles. The summed E-state index contributed by atoms with van der Waals surface area (Å²) in [5, 5.41) is 4.54. The summed E-state index contributed by atoms with van der Waals surface area (Å²) in [6.45, 7) is 6.60. The molecule has 0 aromatic heterocycles. The molecule has 1 aromatic rings. The fourth-order valence-electron chi connectivity index (χ4n) is 2.31. The molecule has 1 unspecified atom stereocenters. The van der Waals surface area contributed by atoms with Crippen LogP contribution in [0.2, 0.25) is 5.02 Å². The molecule has 1 saturated carbocycles. The number of likely N-dealkylation sites (N-methyl/N-ethyl adjacent to an activating group) is 1. The molecule has 1 aliphatic rings. The van der Waals surface area contributed by atoms with E-state index in [-0.39, 0.29) is 0 Å². The molecule has 0 heterocycles. The Balaban J connectivity index is 1.88. The number of hydrogen-bond donors (Lipinski definition) is 1. The van der Waals surface area contributed by atoms with E-state index in [4.69, 9.17) is 11.6 Å². The second-order valence-electron chi connectivity index (χ2n) is 5.90. The molecule has 2 rings (SSSR count). The van der Waals surface area contributed by atoms with Crippen molar-refractivity contribution in [2.24, 2.45) is 5.92 Å². The fraction of sp³-hybridized carbons (Fsp3) is 0.625. The van der Waals surface area contributed by atoms with E-state index in [1.165, 1.54) is 18.4 Å². The van der Waals surface area contributed by atoms with Gasteiger partial charge in [0.15, 0.2) is 0 Å². The molecule has 1 atom stereocenters. The fourth-order valence-corrected chi connectivity index (χ4v) is 2.44. The zero-order valence-corrected chi connectivity index (χ0v) is 13.0. The zero-order valence-electron chi connectivity index (χ0n) is 12.2. The zero-order chi connectivity index (χ0) is 13.8. The van der Waals surface area contributed by atoms with Crippen molar-refractivity contribution in [1.82, 2.24) is 10.2 Å². The maximum absolute atomic E-state index is 5.97. The van der Waals surface area contributed by atoms with Gasteiger partial charge in [0.1, 0.15) is 0 Å². The predicted octanol–water partition coefficient (Wildman–Crippen LogP) is 3.72. The molecule has 1 fully saturated rings. The maximum Gasteiger partial charge on any atom is 0.0406 e. The lowest BCUT2D eigenvalue weighted by Gasteiger charge is -2.24. The Morgan fingerprint density at radius 3 is 2.42 bits per heavy atom. The second-order valence-corrected chi connectivity index (χ2v) is 6.33. The summed E-state index contributed by atoms with van der Waals surface area (Å²) in [5.41, 5.74) is 1.37. The molecule has 0 bridgehead atoms. The van der Waals surface area contributed by atoms with Crippen LogP contribution in [-0.2, 0) is 0 Å². The Morgan fingerprint density at radius 2 is 1.89 bits per heavy atom. The standard InChI is InChI=1S/C16H25ClN2/c1-12(2)19(3)11-10-18-16(13-4-5-13)14-6-8-15(17)9-7-14/h6-9,12-13,16,18H,4-5,10-11H2,1-3H3. The van der Waals surface area contributed by atoms with E-state index in [0.29, 0.717) is 12.1 Å². The SMILES string of the molecule is CC(C)N(C)CCNC(c1ccc(Cl)cc1)C1CC1. The molecule has 1 aromatic carbocycles. The van der Waals surface area contributed by atoms with Gasteiger partial charge in [0, 0.05) is 30.2 Å². The Bertz CT molecular complexity index is 384. The van der Waals surface area contributed by atoms with Gasteiger partial charge in [-0.25, -0.2) is 0 Å². The Morgan fingerprint density at radius 1 is 1.26 bits per heavy atom. The van der Waals surface area contributed by atoms with Gasteiger partial charge in [-0.3, -0.25) is 0 Å². The highest BCUT2D eigenvalue weighted by atomic mass is 35.5. The second kappa shape index (κ2) is 6.74. The van der Waals surface area contributed by atoms with Crippen molar-refractivity contribution < 1.29 is 0 Å². The molecule has 106 valence electrons. The highest BCUT2D eigenvalue weighted by molar-refractivity contribution is 6.30. The maximum atomic E-state index is 5.97. The van der Waals surface area contributed by atoms with Gasteiger partial charge in [-0.2, -0.15) is 0 Å². The predicted molar refractivity (Wildman–Crippen MR) is 82.7 cm³/mol. The van der Waals surface area contributed by atoms with Crippen LogP contribution in [0.3, 0.4) is 0 Å². The van der Waals surface area contributed by atoms with Gasteiger partial charge >= 0.3 is 0 Å². The lowest BCUT2D eigenvalue weighted by atomic mass is 10.0. The number of rotatable bonds is 7. The van der Waals surface area contributed by atoms with Gasteiger partial charge in [-0.1, -0.05) is 23.7 Å². The lowest BCUT2D eigenvalue weighted by molar-refractivity contribution is 0.266. The molecule has 19 heavy (non-hydrogen) atoms. The van der Waals surface area contributed by atoms with Crippen LogP contribution < -0.4 is 5.32 Å². The van der Waals surface area contributed by atoms with Crippen LogP contribution in [-0.4, -0.2) is 31.1 Å². The highest BCUT2D eigenvalue weighted by Crippen LogP contribution is 2.41. The summed E-state index contributed by atoms with van der Waals surface area (Å²) < 4.78 is 0. The van der Waals surface area contributed by atoms with Crippen molar-refractivity contribution in [2.45, 2.75) is 38.8 Å². The molecular weight excluding hydrogens is 256 g/mol. The molecule has 0 spiro atoms. The lowest BCUT2D eigenvalue weighted by Crippen LogP contribution is -2.35. The molecule has 0 aliphatic heterocycles. The van der Waals surface area contributed by atoms with Crippen molar-refractivity contribution >= 4 is 11.6 Å². The van der Waals surface area contributed by atoms with Crippen LogP contribution in [0.1, 0.15) is 38.3 Å². The van der Waals surface area contributed by atoms with Gasteiger partial charge in [0.2, 0.25) is 0 Å². The summed E-state index contributed by atoms with van der Waals surface area (Å²) in [4.78, 5) is 2.37. The average Bonchev–Trinajstić information content (AvgIpc) is 3.20. The van der Waals surface area contributed by atoms with E-state index in [9.17, 15) is 0 Å². The number of nitrogens with one attached hydrogen (secondary N) is 1. The quantitative estimate of drug-likeness (QED) is 0.819. The van der Waals surface area contributed by atoms with Crippen molar-refractivity contribution in [2.75, 3.05) is 20.1 Å². The first kappa shape index (κ1) is 14.8. The van der Waals surface area contributed by atoms with Crippen molar-refractivity contribution in [3.63, 3.8) is 0 Å². The van der Waals surface area contributed by atoms with Crippen LogP contribution in [0.15, 0.2) is 24.3 Å². The van der Waals surface area contributed by atoms with Gasteiger partial charge in [0.05, 0.1) is 0 Å². The number of benzene rings is 1. The van der Waals surface area contributed by atoms with E-state index < -0.39 is 0 Å². The van der Waals surface area contributed by atoms with Crippen molar-refractivity contribution in [1.29, 1.82) is 0 Å². The molecule has 1 N–H and O–H groups in total. The van der Waals surface area contributed by atoms with Gasteiger partial charge < -0.3 is 10.2 Å². The van der Waals surface area contributed by atoms with E-state index in [1.54, 1.807) is 0 Å². The third-order valence-electron chi connectivity index (χ3n) is 4.03. The third-order valence-corrected chi connectivity index (χ3v) is 4.28. The molecular formula is C16H25ClN2. The van der Waals surface area contributed by atoms with Crippen LogP contribution in [0.5, 0.6) is 0 Å². The Hall–Kier alpha value is -0.570. The Kier molecular flexibility index (Phi) is 5.26. The first-order chi connectivity index (χ1) is 9.08. The van der Waals surface area contributed by atoms with E-state index in [0.717, 1.165) is 24.0 Å². The minimum absolute atomic E-state index is 0.498. The monoisotopic (exact) mass is 280 g/mol. The smallest absolute Gasteiger partial charge is 0.0406 e. The topological polar surface area (TPSA) is 15.3 Å². The van der Waals surface area contributed by atoms with Crippen molar-refractivity contribution in [3.05, 3.63) is 34.9 Å². The summed E-state index contributed by atoms with van der Waals surface area (Å²) in [7, 11) is 2.18. The first-order valence-electron chi connectivity index (χ1n) is 7.27. The minimum Gasteiger partial charge on any atom is -0.308 e. The molecule has 0 amide bonds. The minimum atomic E-state index is 0.498. The summed E-state index contributed by atoms with van der Waals surface area (Å²) in [6.07, 6.45) is 2.70. The summed E-state index contributed by atoms with van der Waals surface area (Å²) in [5.74, 6) is 0.811. The number of halogens is 1. The molecule has 0 radical (unpaired) electrons. The van der Waals surface area contributed by atoms with Crippen LogP contribution in [0, 0.1) is 5.92 Å². The third kappa shape index (κ3) is 4.48. The largest absolute Gasteiger partial charge is 0.308 e. The normalized spacial score (nSPS) is 17.2. The highest BCUT2D eigenvalue weighted by Gasteiger charge is 2.31. The summed E-state index contributed by atoms with van der Waals surface area (Å²) in [6, 6.07) is 9.41. The number of hydrogen-bond acceptors (Lipinski definition) is 2. The molecule has 3 heteroatoms.